The number of hydrogen-bond donors (Lipinski definition) is 2. The smallest absolute Gasteiger partial charge is 0.146 e. The van der Waals surface area contributed by atoms with Crippen molar-refractivity contribution in [2.75, 3.05) is 5.32 Å². The van der Waals surface area contributed by atoms with Crippen molar-refractivity contribution in [3.63, 3.8) is 0 Å². The van der Waals surface area contributed by atoms with Crippen LogP contribution in [0.3, 0.4) is 0 Å². The number of nitrogens with two attached hydrogens (primary N) is 1. The molecule has 0 aliphatic rings. The Labute approximate surface area is 114 Å². The van der Waals surface area contributed by atoms with E-state index in [2.05, 4.69) is 10.3 Å². The standard InChI is InChI=1S/C13H11F2N3S/c1-7-4-5-17-13(11(7)12(16)19)18-10-6-8(14)2-3-9(10)15/h2-6H,1H3,(H2,16,19)(H,17,18). The fourth-order valence-electron chi connectivity index (χ4n) is 1.68. The molecule has 2 rings (SSSR count). The van der Waals surface area contributed by atoms with Crippen molar-refractivity contribution in [1.29, 1.82) is 0 Å². The summed E-state index contributed by atoms with van der Waals surface area (Å²) < 4.78 is 26.7. The molecule has 2 aromatic rings. The molecule has 3 N–H and O–H groups in total. The minimum Gasteiger partial charge on any atom is -0.389 e. The Kier molecular flexibility index (Phi) is 3.71. The Hall–Kier alpha value is -2.08. The number of aromatic nitrogens is 1. The molecule has 0 bridgehead atoms. The fourth-order valence-corrected chi connectivity index (χ4v) is 1.94. The molecule has 0 aliphatic heterocycles. The van der Waals surface area contributed by atoms with Crippen molar-refractivity contribution < 1.29 is 8.78 Å². The molecular weight excluding hydrogens is 268 g/mol. The summed E-state index contributed by atoms with van der Waals surface area (Å²) in [6.07, 6.45) is 1.54. The van der Waals surface area contributed by atoms with E-state index in [1.807, 2.05) is 6.92 Å². The molecule has 1 aromatic carbocycles. The van der Waals surface area contributed by atoms with E-state index in [4.69, 9.17) is 18.0 Å². The summed E-state index contributed by atoms with van der Waals surface area (Å²) in [6, 6.07) is 4.86. The first-order chi connectivity index (χ1) is 8.99. The summed E-state index contributed by atoms with van der Waals surface area (Å²) >= 11 is 4.94. The number of anilines is 2. The van der Waals surface area contributed by atoms with Gasteiger partial charge in [-0.3, -0.25) is 0 Å². The summed E-state index contributed by atoms with van der Waals surface area (Å²) in [4.78, 5) is 4.20. The van der Waals surface area contributed by atoms with Gasteiger partial charge in [-0.25, -0.2) is 13.8 Å². The highest BCUT2D eigenvalue weighted by atomic mass is 32.1. The van der Waals surface area contributed by atoms with Gasteiger partial charge >= 0.3 is 0 Å². The van der Waals surface area contributed by atoms with Gasteiger partial charge in [0, 0.05) is 12.3 Å². The zero-order valence-corrected chi connectivity index (χ0v) is 10.9. The van der Waals surface area contributed by atoms with E-state index >= 15 is 0 Å². The van der Waals surface area contributed by atoms with Crippen LogP contribution in [0.5, 0.6) is 0 Å². The molecule has 0 amide bonds. The van der Waals surface area contributed by atoms with Crippen LogP contribution in [-0.4, -0.2) is 9.97 Å². The van der Waals surface area contributed by atoms with Crippen molar-refractivity contribution in [2.45, 2.75) is 6.92 Å². The van der Waals surface area contributed by atoms with Crippen LogP contribution in [0, 0.1) is 18.6 Å². The number of halogens is 2. The molecule has 0 fully saturated rings. The number of nitrogens with one attached hydrogen (secondary N) is 1. The third-order valence-electron chi connectivity index (χ3n) is 2.59. The maximum absolute atomic E-state index is 13.6. The van der Waals surface area contributed by atoms with Crippen molar-refractivity contribution in [3.05, 3.63) is 53.2 Å². The van der Waals surface area contributed by atoms with Crippen LogP contribution in [0.15, 0.2) is 30.5 Å². The van der Waals surface area contributed by atoms with E-state index in [1.54, 1.807) is 6.07 Å². The molecule has 6 heteroatoms. The van der Waals surface area contributed by atoms with Crippen LogP contribution in [0.4, 0.5) is 20.3 Å². The van der Waals surface area contributed by atoms with Crippen LogP contribution in [0.25, 0.3) is 0 Å². The predicted octanol–water partition coefficient (Wildman–Crippen LogP) is 3.05. The Morgan fingerprint density at radius 1 is 1.32 bits per heavy atom. The first-order valence-corrected chi connectivity index (χ1v) is 5.87. The van der Waals surface area contributed by atoms with Crippen LogP contribution < -0.4 is 11.1 Å². The first-order valence-electron chi connectivity index (χ1n) is 5.46. The van der Waals surface area contributed by atoms with E-state index in [0.29, 0.717) is 11.4 Å². The lowest BCUT2D eigenvalue weighted by Gasteiger charge is -2.12. The third-order valence-corrected chi connectivity index (χ3v) is 2.79. The maximum Gasteiger partial charge on any atom is 0.146 e. The van der Waals surface area contributed by atoms with Gasteiger partial charge < -0.3 is 11.1 Å². The van der Waals surface area contributed by atoms with Crippen LogP contribution >= 0.6 is 12.2 Å². The van der Waals surface area contributed by atoms with Gasteiger partial charge in [0.1, 0.15) is 22.4 Å². The summed E-state index contributed by atoms with van der Waals surface area (Å²) in [7, 11) is 0. The molecule has 1 aromatic heterocycles. The van der Waals surface area contributed by atoms with Crippen LogP contribution in [0.2, 0.25) is 0 Å². The summed E-state index contributed by atoms with van der Waals surface area (Å²) in [5.74, 6) is -0.830. The fraction of sp³-hybridized carbons (Fsp3) is 0.0769. The number of nitrogens with zero attached hydrogens (tertiary/aromatic N) is 1. The van der Waals surface area contributed by atoms with Crippen LogP contribution in [0.1, 0.15) is 11.1 Å². The monoisotopic (exact) mass is 279 g/mol. The second kappa shape index (κ2) is 5.27. The molecule has 0 spiro atoms. The molecule has 19 heavy (non-hydrogen) atoms. The molecule has 3 nitrogen and oxygen atoms in total. The van der Waals surface area contributed by atoms with Crippen LogP contribution in [-0.2, 0) is 0 Å². The van der Waals surface area contributed by atoms with Crippen molar-refractivity contribution in [2.24, 2.45) is 5.73 Å². The van der Waals surface area contributed by atoms with Gasteiger partial charge in [-0.15, -0.1) is 0 Å². The van der Waals surface area contributed by atoms with E-state index in [1.165, 1.54) is 6.20 Å². The zero-order valence-electron chi connectivity index (χ0n) is 10.1. The molecular formula is C13H11F2N3S. The number of pyridine rings is 1. The zero-order chi connectivity index (χ0) is 14.0. The lowest BCUT2D eigenvalue weighted by Crippen LogP contribution is -2.15. The number of thiocarbonyl (C=S) groups is 1. The Morgan fingerprint density at radius 3 is 2.74 bits per heavy atom. The lowest BCUT2D eigenvalue weighted by atomic mass is 10.1. The van der Waals surface area contributed by atoms with E-state index in [9.17, 15) is 8.78 Å². The van der Waals surface area contributed by atoms with Gasteiger partial charge in [-0.1, -0.05) is 12.2 Å². The summed E-state index contributed by atoms with van der Waals surface area (Å²) in [5.41, 5.74) is 6.92. The minimum absolute atomic E-state index is 0.0180. The molecule has 0 aliphatic carbocycles. The van der Waals surface area contributed by atoms with Gasteiger partial charge in [0.15, 0.2) is 0 Å². The largest absolute Gasteiger partial charge is 0.389 e. The molecule has 0 unspecified atom stereocenters. The highest BCUT2D eigenvalue weighted by Crippen LogP contribution is 2.23. The quantitative estimate of drug-likeness (QED) is 0.848. The Bertz CT molecular complexity index is 644. The average Bonchev–Trinajstić information content (AvgIpc) is 2.33. The van der Waals surface area contributed by atoms with Gasteiger partial charge in [0.05, 0.1) is 11.3 Å². The van der Waals surface area contributed by atoms with Crippen molar-refractivity contribution in [1.82, 2.24) is 4.98 Å². The second-order valence-electron chi connectivity index (χ2n) is 3.96. The summed E-state index contributed by atoms with van der Waals surface area (Å²) in [5, 5.41) is 2.71. The first kappa shape index (κ1) is 13.4. The van der Waals surface area contributed by atoms with Gasteiger partial charge in [-0.05, 0) is 30.7 Å². The maximum atomic E-state index is 13.6. The number of benzene rings is 1. The molecule has 0 radical (unpaired) electrons. The van der Waals surface area contributed by atoms with Crippen molar-refractivity contribution in [3.8, 4) is 0 Å². The Balaban J connectivity index is 2.46. The molecule has 0 saturated heterocycles. The predicted molar refractivity (Wildman–Crippen MR) is 74.5 cm³/mol. The molecule has 1 heterocycles. The number of aryl methyl sites for hydroxylation is 1. The second-order valence-corrected chi connectivity index (χ2v) is 4.40. The highest BCUT2D eigenvalue weighted by molar-refractivity contribution is 7.80. The molecule has 98 valence electrons. The molecule has 0 atom stereocenters. The van der Waals surface area contributed by atoms with Gasteiger partial charge in [0.2, 0.25) is 0 Å². The average molecular weight is 279 g/mol. The number of rotatable bonds is 3. The van der Waals surface area contributed by atoms with E-state index < -0.39 is 11.6 Å². The SMILES string of the molecule is Cc1ccnc(Nc2cc(F)ccc2F)c1C(N)=S. The summed E-state index contributed by atoms with van der Waals surface area (Å²) in [6.45, 7) is 1.81. The lowest BCUT2D eigenvalue weighted by molar-refractivity contribution is 0.603. The van der Waals surface area contributed by atoms with E-state index in [0.717, 1.165) is 23.8 Å². The third kappa shape index (κ3) is 2.85. The normalized spacial score (nSPS) is 10.3. The van der Waals surface area contributed by atoms with Gasteiger partial charge in [0.25, 0.3) is 0 Å². The number of hydrogen-bond acceptors (Lipinski definition) is 3. The minimum atomic E-state index is -0.585. The highest BCUT2D eigenvalue weighted by Gasteiger charge is 2.12. The van der Waals surface area contributed by atoms with Gasteiger partial charge in [-0.2, -0.15) is 0 Å². The van der Waals surface area contributed by atoms with E-state index in [-0.39, 0.29) is 10.7 Å². The Morgan fingerprint density at radius 2 is 2.05 bits per heavy atom. The van der Waals surface area contributed by atoms with Crippen molar-refractivity contribution >= 4 is 28.7 Å². The molecule has 0 saturated carbocycles. The topological polar surface area (TPSA) is 50.9 Å².